The Hall–Kier alpha value is 0.712. The SMILES string of the molecule is NCCN.[Cr+2].[O-][Cl+3]([O-])([O-])[O-].[O-][Cl+3]([O-])([O-])[O-]. The summed E-state index contributed by atoms with van der Waals surface area (Å²) in [5, 5.41) is 0. The van der Waals surface area contributed by atoms with Crippen molar-refractivity contribution in [1.82, 2.24) is 0 Å². The zero-order chi connectivity index (χ0) is 12.4. The molecule has 4 N–H and O–H groups in total. The Balaban J connectivity index is -0.0000000590. The number of hydrogen-bond acceptors (Lipinski definition) is 10. The summed E-state index contributed by atoms with van der Waals surface area (Å²) in [6.07, 6.45) is 0. The first-order valence-electron chi connectivity index (χ1n) is 2.55. The minimum absolute atomic E-state index is 0. The fourth-order valence-corrected chi connectivity index (χ4v) is 0. The molecule has 0 atom stereocenters. The van der Waals surface area contributed by atoms with Gasteiger partial charge in [-0.2, -0.15) is 0 Å². The van der Waals surface area contributed by atoms with E-state index in [1.165, 1.54) is 0 Å². The van der Waals surface area contributed by atoms with E-state index in [2.05, 4.69) is 0 Å². The Morgan fingerprint density at radius 3 is 0.667 bits per heavy atom. The summed E-state index contributed by atoms with van der Waals surface area (Å²) in [5.41, 5.74) is 9.81. The summed E-state index contributed by atoms with van der Waals surface area (Å²) >= 11 is 0. The molecule has 13 heteroatoms. The monoisotopic (exact) mass is 310 g/mol. The van der Waals surface area contributed by atoms with E-state index in [1.54, 1.807) is 0 Å². The molecule has 0 aliphatic heterocycles. The third-order valence-corrected chi connectivity index (χ3v) is 0.167. The Labute approximate surface area is 99.9 Å². The molecule has 0 amide bonds. The standard InChI is InChI=1S/C2H8N2.2ClHO4.Cr/c3-1-2-4;2*2-1(3,4)5;/h1-4H2;2*(H,2,3,4,5);/q;;;+2/p-2. The molecule has 0 aliphatic carbocycles. The van der Waals surface area contributed by atoms with E-state index < -0.39 is 20.5 Å². The normalized spacial score (nSPS) is 10.0. The molecule has 0 radical (unpaired) electrons. The Kier molecular flexibility index (Phi) is 21.1. The van der Waals surface area contributed by atoms with Gasteiger partial charge in [0.2, 0.25) is 0 Å². The van der Waals surface area contributed by atoms with Crippen LogP contribution in [-0.2, 0) is 17.4 Å². The van der Waals surface area contributed by atoms with Crippen LogP contribution in [-0.4, -0.2) is 13.1 Å². The van der Waals surface area contributed by atoms with Crippen LogP contribution in [0.15, 0.2) is 0 Å². The maximum Gasteiger partial charge on any atom is 2.00 e. The van der Waals surface area contributed by atoms with Crippen LogP contribution in [0.25, 0.3) is 0 Å². The van der Waals surface area contributed by atoms with Gasteiger partial charge in [-0.1, -0.05) is 0 Å². The van der Waals surface area contributed by atoms with E-state index >= 15 is 0 Å². The summed E-state index contributed by atoms with van der Waals surface area (Å²) in [5.74, 6) is 0. The van der Waals surface area contributed by atoms with E-state index in [4.69, 9.17) is 48.7 Å². The number of rotatable bonds is 1. The van der Waals surface area contributed by atoms with Gasteiger partial charge in [0.15, 0.2) is 0 Å². The summed E-state index contributed by atoms with van der Waals surface area (Å²) in [7, 11) is -9.89. The quantitative estimate of drug-likeness (QED) is 0.463. The molecule has 0 saturated carbocycles. The molecule has 0 bridgehead atoms. The van der Waals surface area contributed by atoms with Gasteiger partial charge < -0.3 is 11.5 Å². The molecule has 10 nitrogen and oxygen atoms in total. The van der Waals surface area contributed by atoms with Crippen molar-refractivity contribution in [2.75, 3.05) is 13.1 Å². The van der Waals surface area contributed by atoms with Crippen LogP contribution < -0.4 is 48.7 Å². The molecule has 0 rings (SSSR count). The molecule has 0 aromatic carbocycles. The van der Waals surface area contributed by atoms with E-state index in [-0.39, 0.29) is 17.4 Å². The Morgan fingerprint density at radius 1 is 0.600 bits per heavy atom. The zero-order valence-electron chi connectivity index (χ0n) is 7.00. The first-order valence-corrected chi connectivity index (χ1v) is 5.02. The molecule has 0 unspecified atom stereocenters. The van der Waals surface area contributed by atoms with Crippen molar-refractivity contribution in [3.05, 3.63) is 0 Å². The molecular formula is C2H8Cl2CrN2O8. The third kappa shape index (κ3) is 811. The summed E-state index contributed by atoms with van der Waals surface area (Å²) in [4.78, 5) is 0. The second kappa shape index (κ2) is 12.8. The van der Waals surface area contributed by atoms with Gasteiger partial charge in [-0.15, -0.1) is 20.5 Å². The fourth-order valence-electron chi connectivity index (χ4n) is 0. The molecule has 0 aliphatic rings. The van der Waals surface area contributed by atoms with Crippen molar-refractivity contribution in [3.8, 4) is 0 Å². The third-order valence-electron chi connectivity index (χ3n) is 0.167. The van der Waals surface area contributed by atoms with Gasteiger partial charge in [0.25, 0.3) is 0 Å². The first kappa shape index (κ1) is 24.8. The van der Waals surface area contributed by atoms with Crippen LogP contribution in [0.3, 0.4) is 0 Å². The number of nitrogens with two attached hydrogens (primary N) is 2. The van der Waals surface area contributed by atoms with Crippen molar-refractivity contribution in [2.45, 2.75) is 0 Å². The van der Waals surface area contributed by atoms with Gasteiger partial charge in [0.05, 0.1) is 0 Å². The molecule has 0 aromatic heterocycles. The van der Waals surface area contributed by atoms with Gasteiger partial charge in [-0.3, -0.25) is 0 Å². The van der Waals surface area contributed by atoms with Gasteiger partial charge in [0.1, 0.15) is 0 Å². The van der Waals surface area contributed by atoms with E-state index in [9.17, 15) is 0 Å². The summed E-state index contributed by atoms with van der Waals surface area (Å²) in [6, 6.07) is 0. The average molecular weight is 311 g/mol. The van der Waals surface area contributed by atoms with E-state index in [1.807, 2.05) is 0 Å². The van der Waals surface area contributed by atoms with Gasteiger partial charge in [-0.05, 0) is 0 Å². The molecule has 0 aromatic rings. The minimum atomic E-state index is -4.94. The molecule has 0 fully saturated rings. The maximum atomic E-state index is 8.49. The Morgan fingerprint density at radius 2 is 0.667 bits per heavy atom. The largest absolute Gasteiger partial charge is 2.00 e. The van der Waals surface area contributed by atoms with Crippen LogP contribution >= 0.6 is 0 Å². The number of halogens is 2. The van der Waals surface area contributed by atoms with Gasteiger partial charge in [0, 0.05) is 13.1 Å². The second-order valence-corrected chi connectivity index (χ2v) is 2.85. The fraction of sp³-hybridized carbons (Fsp3) is 1.00. The van der Waals surface area contributed by atoms with Crippen molar-refractivity contribution < 1.29 is 75.1 Å². The number of hydrogen-bond donors (Lipinski definition) is 2. The molecule has 0 heterocycles. The van der Waals surface area contributed by atoms with Crippen LogP contribution in [0.1, 0.15) is 0 Å². The van der Waals surface area contributed by atoms with Crippen LogP contribution in [0.5, 0.6) is 0 Å². The molecule has 0 spiro atoms. The molecule has 94 valence electrons. The van der Waals surface area contributed by atoms with E-state index in [0.29, 0.717) is 13.1 Å². The molecular weight excluding hydrogens is 303 g/mol. The second-order valence-electron chi connectivity index (χ2n) is 1.33. The maximum absolute atomic E-state index is 8.49. The van der Waals surface area contributed by atoms with Crippen LogP contribution in [0.2, 0.25) is 0 Å². The Bertz CT molecular complexity index is 90.2. The van der Waals surface area contributed by atoms with Gasteiger partial charge >= 0.3 is 17.4 Å². The predicted molar refractivity (Wildman–Crippen MR) is 18.1 cm³/mol. The first-order chi connectivity index (χ1) is 5.91. The average Bonchev–Trinajstić information content (AvgIpc) is 1.79. The van der Waals surface area contributed by atoms with E-state index in [0.717, 1.165) is 0 Å². The van der Waals surface area contributed by atoms with Crippen LogP contribution in [0, 0.1) is 20.5 Å². The van der Waals surface area contributed by atoms with Crippen molar-refractivity contribution in [2.24, 2.45) is 11.5 Å². The minimum Gasteiger partial charge on any atom is -0.329 e. The summed E-state index contributed by atoms with van der Waals surface area (Å²) in [6.45, 7) is 1.19. The summed E-state index contributed by atoms with van der Waals surface area (Å²) < 4.78 is 67.9. The molecule has 0 saturated heterocycles. The predicted octanol–water partition coefficient (Wildman–Crippen LogP) is -10.6. The van der Waals surface area contributed by atoms with Crippen molar-refractivity contribution in [3.63, 3.8) is 0 Å². The van der Waals surface area contributed by atoms with Gasteiger partial charge in [-0.25, -0.2) is 37.3 Å². The van der Waals surface area contributed by atoms with Crippen LogP contribution in [0.4, 0.5) is 0 Å². The van der Waals surface area contributed by atoms with Crippen molar-refractivity contribution >= 4 is 0 Å². The van der Waals surface area contributed by atoms with Crippen molar-refractivity contribution in [1.29, 1.82) is 0 Å². The molecule has 15 heavy (non-hydrogen) atoms. The topological polar surface area (TPSA) is 237 Å². The zero-order valence-corrected chi connectivity index (χ0v) is 9.79. The smallest absolute Gasteiger partial charge is 0.329 e.